The summed E-state index contributed by atoms with van der Waals surface area (Å²) >= 11 is 0. The first-order chi connectivity index (χ1) is 11.1. The van der Waals surface area contributed by atoms with E-state index in [0.717, 1.165) is 23.1 Å². The molecule has 0 amide bonds. The first-order valence-electron chi connectivity index (χ1n) is 7.81. The van der Waals surface area contributed by atoms with Gasteiger partial charge in [-0.15, -0.1) is 0 Å². The van der Waals surface area contributed by atoms with E-state index in [0.29, 0.717) is 17.3 Å². The molecule has 118 valence electrons. The number of nitrogens with zero attached hydrogens (tertiary/aromatic N) is 2. The lowest BCUT2D eigenvalue weighted by Gasteiger charge is -2.13. The molecule has 0 saturated heterocycles. The fourth-order valence-corrected chi connectivity index (χ4v) is 2.70. The summed E-state index contributed by atoms with van der Waals surface area (Å²) in [5, 5.41) is 6.72. The monoisotopic (exact) mass is 309 g/mol. The maximum atomic E-state index is 14.1. The Bertz CT molecular complexity index is 807. The van der Waals surface area contributed by atoms with Crippen LogP contribution in [0.2, 0.25) is 0 Å². The highest BCUT2D eigenvalue weighted by Crippen LogP contribution is 2.29. The van der Waals surface area contributed by atoms with Crippen molar-refractivity contribution in [3.8, 4) is 22.5 Å². The molecular weight excluding hydrogens is 289 g/mol. The molecule has 0 atom stereocenters. The summed E-state index contributed by atoms with van der Waals surface area (Å²) < 4.78 is 14.1. The Labute approximate surface area is 135 Å². The summed E-state index contributed by atoms with van der Waals surface area (Å²) in [6.07, 6.45) is 2.73. The van der Waals surface area contributed by atoms with E-state index in [1.165, 1.54) is 0 Å². The van der Waals surface area contributed by atoms with Crippen LogP contribution in [0.1, 0.15) is 25.1 Å². The highest BCUT2D eigenvalue weighted by atomic mass is 19.1. The van der Waals surface area contributed by atoms with Gasteiger partial charge in [-0.1, -0.05) is 44.2 Å². The van der Waals surface area contributed by atoms with Gasteiger partial charge in [0.2, 0.25) is 0 Å². The normalized spacial score (nSPS) is 11.2. The van der Waals surface area contributed by atoms with Gasteiger partial charge in [-0.3, -0.25) is 10.1 Å². The molecule has 0 aliphatic carbocycles. The molecule has 0 fully saturated rings. The molecule has 0 saturated carbocycles. The molecule has 0 aliphatic heterocycles. The van der Waals surface area contributed by atoms with Gasteiger partial charge in [0.05, 0.1) is 11.4 Å². The fourth-order valence-electron chi connectivity index (χ4n) is 2.70. The lowest BCUT2D eigenvalue weighted by Crippen LogP contribution is -2.00. The minimum Gasteiger partial charge on any atom is -0.279 e. The molecule has 3 aromatic rings. The quantitative estimate of drug-likeness (QED) is 0.753. The standard InChI is InChI=1S/C19H20FN3/c1-12(2)9-15-10-17(19-18(20)13(3)22-23-19)21-11-16(15)14-7-5-4-6-8-14/h4-8,10-12H,9H2,1-3H3,(H,22,23). The molecule has 1 N–H and O–H groups in total. The third-order valence-electron chi connectivity index (χ3n) is 3.82. The van der Waals surface area contributed by atoms with Crippen molar-refractivity contribution in [3.63, 3.8) is 0 Å². The van der Waals surface area contributed by atoms with Gasteiger partial charge < -0.3 is 0 Å². The van der Waals surface area contributed by atoms with Crippen LogP contribution in [0.5, 0.6) is 0 Å². The molecular formula is C19H20FN3. The molecule has 2 heterocycles. The molecule has 3 nitrogen and oxygen atoms in total. The van der Waals surface area contributed by atoms with Crippen molar-refractivity contribution in [2.75, 3.05) is 0 Å². The zero-order chi connectivity index (χ0) is 16.4. The van der Waals surface area contributed by atoms with Gasteiger partial charge in [-0.2, -0.15) is 5.10 Å². The number of H-pyrrole nitrogens is 1. The van der Waals surface area contributed by atoms with E-state index in [-0.39, 0.29) is 11.5 Å². The van der Waals surface area contributed by atoms with Crippen molar-refractivity contribution in [2.24, 2.45) is 5.92 Å². The Morgan fingerprint density at radius 1 is 1.17 bits per heavy atom. The molecule has 4 heteroatoms. The lowest BCUT2D eigenvalue weighted by atomic mass is 9.94. The number of pyridine rings is 1. The average Bonchev–Trinajstić information content (AvgIpc) is 2.87. The zero-order valence-electron chi connectivity index (χ0n) is 13.6. The number of rotatable bonds is 4. The summed E-state index contributed by atoms with van der Waals surface area (Å²) in [6.45, 7) is 6.02. The van der Waals surface area contributed by atoms with Gasteiger partial charge >= 0.3 is 0 Å². The van der Waals surface area contributed by atoms with E-state index < -0.39 is 0 Å². The van der Waals surface area contributed by atoms with Crippen molar-refractivity contribution in [1.82, 2.24) is 15.2 Å². The third kappa shape index (κ3) is 3.16. The maximum absolute atomic E-state index is 14.1. The predicted octanol–water partition coefficient (Wildman–Crippen LogP) is 4.78. The average molecular weight is 309 g/mol. The third-order valence-corrected chi connectivity index (χ3v) is 3.82. The van der Waals surface area contributed by atoms with E-state index in [4.69, 9.17) is 0 Å². The zero-order valence-corrected chi connectivity index (χ0v) is 13.6. The number of hydrogen-bond donors (Lipinski definition) is 1. The topological polar surface area (TPSA) is 41.6 Å². The Morgan fingerprint density at radius 2 is 1.91 bits per heavy atom. The van der Waals surface area contributed by atoms with E-state index in [9.17, 15) is 4.39 Å². The van der Waals surface area contributed by atoms with Crippen LogP contribution in [-0.2, 0) is 6.42 Å². The number of hydrogen-bond acceptors (Lipinski definition) is 2. The van der Waals surface area contributed by atoms with Crippen LogP contribution in [0.25, 0.3) is 22.5 Å². The van der Waals surface area contributed by atoms with Crippen molar-refractivity contribution < 1.29 is 4.39 Å². The van der Waals surface area contributed by atoms with Crippen LogP contribution in [0, 0.1) is 18.7 Å². The van der Waals surface area contributed by atoms with Crippen molar-refractivity contribution in [2.45, 2.75) is 27.2 Å². The minimum atomic E-state index is -0.333. The number of aromatic nitrogens is 3. The van der Waals surface area contributed by atoms with Crippen molar-refractivity contribution in [1.29, 1.82) is 0 Å². The Hall–Kier alpha value is -2.49. The minimum absolute atomic E-state index is 0.284. The second-order valence-electron chi connectivity index (χ2n) is 6.20. The summed E-state index contributed by atoms with van der Waals surface area (Å²) in [5.41, 5.74) is 4.67. The predicted molar refractivity (Wildman–Crippen MR) is 90.5 cm³/mol. The number of aromatic amines is 1. The molecule has 2 aromatic heterocycles. The molecule has 1 aromatic carbocycles. The summed E-state index contributed by atoms with van der Waals surface area (Å²) in [7, 11) is 0. The highest BCUT2D eigenvalue weighted by molar-refractivity contribution is 5.70. The first kappa shape index (κ1) is 15.4. The van der Waals surface area contributed by atoms with Crippen molar-refractivity contribution in [3.05, 3.63) is 59.7 Å². The highest BCUT2D eigenvalue weighted by Gasteiger charge is 2.16. The number of aryl methyl sites for hydroxylation is 1. The van der Waals surface area contributed by atoms with Crippen LogP contribution >= 0.6 is 0 Å². The first-order valence-corrected chi connectivity index (χ1v) is 7.81. The van der Waals surface area contributed by atoms with Gasteiger partial charge in [-0.05, 0) is 36.5 Å². The second-order valence-corrected chi connectivity index (χ2v) is 6.20. The van der Waals surface area contributed by atoms with Crippen LogP contribution in [0.15, 0.2) is 42.6 Å². The molecule has 0 bridgehead atoms. The fraction of sp³-hybridized carbons (Fsp3) is 0.263. The van der Waals surface area contributed by atoms with Crippen LogP contribution in [0.3, 0.4) is 0 Å². The summed E-state index contributed by atoms with van der Waals surface area (Å²) in [4.78, 5) is 4.44. The van der Waals surface area contributed by atoms with E-state index in [2.05, 4.69) is 41.2 Å². The number of benzene rings is 1. The van der Waals surface area contributed by atoms with Crippen molar-refractivity contribution >= 4 is 0 Å². The van der Waals surface area contributed by atoms with Gasteiger partial charge in [-0.25, -0.2) is 4.39 Å². The Balaban J connectivity index is 2.10. The smallest absolute Gasteiger partial charge is 0.173 e. The van der Waals surface area contributed by atoms with E-state index >= 15 is 0 Å². The largest absolute Gasteiger partial charge is 0.279 e. The van der Waals surface area contributed by atoms with E-state index in [1.54, 1.807) is 6.92 Å². The molecule has 0 aliphatic rings. The van der Waals surface area contributed by atoms with Gasteiger partial charge in [0.1, 0.15) is 5.69 Å². The molecule has 0 spiro atoms. The summed E-state index contributed by atoms with van der Waals surface area (Å²) in [6, 6.07) is 12.1. The summed E-state index contributed by atoms with van der Waals surface area (Å²) in [5.74, 6) is 0.166. The maximum Gasteiger partial charge on any atom is 0.173 e. The number of nitrogens with one attached hydrogen (secondary N) is 1. The number of halogens is 1. The Morgan fingerprint density at radius 3 is 2.52 bits per heavy atom. The van der Waals surface area contributed by atoms with Gasteiger partial charge in [0.15, 0.2) is 5.82 Å². The van der Waals surface area contributed by atoms with Crippen LogP contribution in [-0.4, -0.2) is 15.2 Å². The van der Waals surface area contributed by atoms with E-state index in [1.807, 2.05) is 30.5 Å². The molecule has 0 unspecified atom stereocenters. The Kier molecular flexibility index (Phi) is 4.24. The molecule has 23 heavy (non-hydrogen) atoms. The molecule has 0 radical (unpaired) electrons. The van der Waals surface area contributed by atoms with Crippen LogP contribution < -0.4 is 0 Å². The second kappa shape index (κ2) is 6.32. The molecule has 3 rings (SSSR count). The van der Waals surface area contributed by atoms with Gasteiger partial charge in [0, 0.05) is 11.8 Å². The van der Waals surface area contributed by atoms with Crippen LogP contribution in [0.4, 0.5) is 4.39 Å². The SMILES string of the molecule is Cc1[nH]nc(-c2cc(CC(C)C)c(-c3ccccc3)cn2)c1F. The van der Waals surface area contributed by atoms with Gasteiger partial charge in [0.25, 0.3) is 0 Å². The lowest BCUT2D eigenvalue weighted by molar-refractivity contribution is 0.621.